The average Bonchev–Trinajstić information content (AvgIpc) is 3.19. The highest BCUT2D eigenvalue weighted by atomic mass is 16.5. The van der Waals surface area contributed by atoms with Gasteiger partial charge < -0.3 is 9.84 Å². The SMILES string of the molecule is O=C(Cn1nnc2ccccc2c1=O)NCc1noc(-c2ccccc2)n1. The van der Waals surface area contributed by atoms with E-state index in [4.69, 9.17) is 4.52 Å². The van der Waals surface area contributed by atoms with Crippen molar-refractivity contribution in [2.24, 2.45) is 0 Å². The van der Waals surface area contributed by atoms with Crippen LogP contribution in [0.3, 0.4) is 0 Å². The Kier molecular flexibility index (Phi) is 4.40. The number of aromatic nitrogens is 5. The van der Waals surface area contributed by atoms with Crippen molar-refractivity contribution < 1.29 is 9.32 Å². The van der Waals surface area contributed by atoms with E-state index in [1.54, 1.807) is 24.3 Å². The highest BCUT2D eigenvalue weighted by Crippen LogP contribution is 2.15. The van der Waals surface area contributed by atoms with E-state index in [9.17, 15) is 9.59 Å². The lowest BCUT2D eigenvalue weighted by atomic mass is 10.2. The van der Waals surface area contributed by atoms with Gasteiger partial charge in [-0.15, -0.1) is 5.10 Å². The standard InChI is InChI=1S/C18H14N6O3/c25-16(11-24-18(26)13-8-4-5-9-14(13)21-23-24)19-10-15-20-17(27-22-15)12-6-2-1-3-7-12/h1-9H,10-11H2,(H,19,25). The number of benzene rings is 2. The summed E-state index contributed by atoms with van der Waals surface area (Å²) in [4.78, 5) is 28.7. The van der Waals surface area contributed by atoms with Crippen LogP contribution in [0.2, 0.25) is 0 Å². The van der Waals surface area contributed by atoms with E-state index in [2.05, 4.69) is 25.8 Å². The van der Waals surface area contributed by atoms with Crippen LogP contribution >= 0.6 is 0 Å². The molecule has 0 saturated heterocycles. The van der Waals surface area contributed by atoms with Crippen LogP contribution in [0.15, 0.2) is 63.9 Å². The molecule has 0 saturated carbocycles. The van der Waals surface area contributed by atoms with E-state index < -0.39 is 5.91 Å². The number of nitrogens with one attached hydrogen (secondary N) is 1. The van der Waals surface area contributed by atoms with Crippen molar-refractivity contribution in [2.45, 2.75) is 13.1 Å². The van der Waals surface area contributed by atoms with Gasteiger partial charge in [-0.2, -0.15) is 4.98 Å². The number of hydrogen-bond acceptors (Lipinski definition) is 7. The Bertz CT molecular complexity index is 1150. The zero-order valence-corrected chi connectivity index (χ0v) is 14.1. The van der Waals surface area contributed by atoms with Gasteiger partial charge in [-0.25, -0.2) is 4.68 Å². The normalized spacial score (nSPS) is 10.8. The fraction of sp³-hybridized carbons (Fsp3) is 0.111. The van der Waals surface area contributed by atoms with Crippen molar-refractivity contribution >= 4 is 16.8 Å². The second-order valence-corrected chi connectivity index (χ2v) is 5.73. The molecule has 2 aromatic heterocycles. The summed E-state index contributed by atoms with van der Waals surface area (Å²) in [6.45, 7) is -0.176. The van der Waals surface area contributed by atoms with Gasteiger partial charge in [-0.1, -0.05) is 40.7 Å². The summed E-state index contributed by atoms with van der Waals surface area (Å²) in [7, 11) is 0. The van der Waals surface area contributed by atoms with E-state index in [0.717, 1.165) is 10.2 Å². The lowest BCUT2D eigenvalue weighted by Crippen LogP contribution is -2.34. The van der Waals surface area contributed by atoms with Crippen LogP contribution < -0.4 is 10.9 Å². The van der Waals surface area contributed by atoms with Gasteiger partial charge in [-0.3, -0.25) is 9.59 Å². The molecule has 0 aliphatic rings. The second-order valence-electron chi connectivity index (χ2n) is 5.73. The van der Waals surface area contributed by atoms with Crippen molar-refractivity contribution in [2.75, 3.05) is 0 Å². The molecule has 9 nitrogen and oxygen atoms in total. The third kappa shape index (κ3) is 3.56. The molecule has 0 atom stereocenters. The maximum atomic E-state index is 12.3. The van der Waals surface area contributed by atoms with Gasteiger partial charge in [0.25, 0.3) is 11.4 Å². The summed E-state index contributed by atoms with van der Waals surface area (Å²) >= 11 is 0. The fourth-order valence-corrected chi connectivity index (χ4v) is 2.52. The molecule has 0 bridgehead atoms. The summed E-state index contributed by atoms with van der Waals surface area (Å²) in [6.07, 6.45) is 0. The number of fused-ring (bicyclic) bond motifs is 1. The van der Waals surface area contributed by atoms with Crippen LogP contribution in [0.1, 0.15) is 5.82 Å². The van der Waals surface area contributed by atoms with E-state index in [1.165, 1.54) is 0 Å². The zero-order chi connectivity index (χ0) is 18.6. The van der Waals surface area contributed by atoms with Gasteiger partial charge in [0.2, 0.25) is 5.91 Å². The van der Waals surface area contributed by atoms with Crippen LogP contribution in [0.5, 0.6) is 0 Å². The van der Waals surface area contributed by atoms with Gasteiger partial charge >= 0.3 is 0 Å². The molecule has 9 heteroatoms. The predicted octanol–water partition coefficient (Wildman–Crippen LogP) is 1.16. The maximum Gasteiger partial charge on any atom is 0.278 e. The quantitative estimate of drug-likeness (QED) is 0.566. The van der Waals surface area contributed by atoms with Gasteiger partial charge in [0.05, 0.1) is 11.9 Å². The minimum absolute atomic E-state index is 0.0743. The monoisotopic (exact) mass is 362 g/mol. The molecule has 0 fully saturated rings. The smallest absolute Gasteiger partial charge is 0.278 e. The lowest BCUT2D eigenvalue weighted by molar-refractivity contribution is -0.122. The number of carbonyl (C=O) groups is 1. The van der Waals surface area contributed by atoms with Crippen molar-refractivity contribution in [3.05, 3.63) is 70.8 Å². The number of nitrogens with zero attached hydrogens (tertiary/aromatic N) is 5. The number of carbonyl (C=O) groups excluding carboxylic acids is 1. The van der Waals surface area contributed by atoms with Gasteiger partial charge in [0.15, 0.2) is 5.82 Å². The van der Waals surface area contributed by atoms with E-state index in [0.29, 0.717) is 22.6 Å². The Morgan fingerprint density at radius 1 is 1.07 bits per heavy atom. The Hall–Kier alpha value is -3.88. The van der Waals surface area contributed by atoms with Gasteiger partial charge in [0.1, 0.15) is 12.1 Å². The molecule has 2 aromatic carbocycles. The first-order valence-corrected chi connectivity index (χ1v) is 8.18. The number of rotatable bonds is 5. The molecule has 0 spiro atoms. The zero-order valence-electron chi connectivity index (χ0n) is 14.1. The third-order valence-corrected chi connectivity index (χ3v) is 3.86. The number of amides is 1. The highest BCUT2D eigenvalue weighted by Gasteiger charge is 2.12. The first-order chi connectivity index (χ1) is 13.2. The van der Waals surface area contributed by atoms with Crippen LogP contribution in [0.4, 0.5) is 0 Å². The van der Waals surface area contributed by atoms with Gasteiger partial charge in [-0.05, 0) is 24.3 Å². The van der Waals surface area contributed by atoms with Crippen LogP contribution in [0, 0.1) is 0 Å². The lowest BCUT2D eigenvalue weighted by Gasteiger charge is -2.05. The molecule has 1 N–H and O–H groups in total. The van der Waals surface area contributed by atoms with Crippen LogP contribution in [-0.4, -0.2) is 31.0 Å². The van der Waals surface area contributed by atoms with E-state index in [-0.39, 0.29) is 18.6 Å². The van der Waals surface area contributed by atoms with Gasteiger partial charge in [0, 0.05) is 5.56 Å². The molecule has 2 heterocycles. The van der Waals surface area contributed by atoms with Crippen molar-refractivity contribution in [3.63, 3.8) is 0 Å². The number of hydrogen-bond donors (Lipinski definition) is 1. The second kappa shape index (κ2) is 7.16. The molecule has 27 heavy (non-hydrogen) atoms. The maximum absolute atomic E-state index is 12.3. The van der Waals surface area contributed by atoms with Crippen molar-refractivity contribution in [1.82, 2.24) is 30.5 Å². The molecule has 134 valence electrons. The Morgan fingerprint density at radius 2 is 1.85 bits per heavy atom. The van der Waals surface area contributed by atoms with Crippen molar-refractivity contribution in [1.29, 1.82) is 0 Å². The van der Waals surface area contributed by atoms with E-state index in [1.807, 2.05) is 30.3 Å². The van der Waals surface area contributed by atoms with Crippen LogP contribution in [0.25, 0.3) is 22.4 Å². The summed E-state index contributed by atoms with van der Waals surface area (Å²) in [5.74, 6) is 0.295. The fourth-order valence-electron chi connectivity index (χ4n) is 2.52. The Balaban J connectivity index is 1.41. The molecule has 4 rings (SSSR count). The first-order valence-electron chi connectivity index (χ1n) is 8.18. The Morgan fingerprint density at radius 3 is 2.70 bits per heavy atom. The highest BCUT2D eigenvalue weighted by molar-refractivity contribution is 5.78. The third-order valence-electron chi connectivity index (χ3n) is 3.86. The molecule has 1 amide bonds. The molecule has 0 aliphatic heterocycles. The van der Waals surface area contributed by atoms with Crippen LogP contribution in [-0.2, 0) is 17.9 Å². The minimum atomic E-state index is -0.409. The molecular formula is C18H14N6O3. The molecule has 0 unspecified atom stereocenters. The molecule has 0 aliphatic carbocycles. The molecule has 0 radical (unpaired) electrons. The summed E-state index contributed by atoms with van der Waals surface area (Å²) in [5, 5.41) is 14.6. The van der Waals surface area contributed by atoms with Crippen molar-refractivity contribution in [3.8, 4) is 11.5 Å². The minimum Gasteiger partial charge on any atom is -0.347 e. The summed E-state index contributed by atoms with van der Waals surface area (Å²) < 4.78 is 6.20. The largest absolute Gasteiger partial charge is 0.347 e. The molecule has 4 aromatic rings. The predicted molar refractivity (Wildman–Crippen MR) is 95.4 cm³/mol. The van der Waals surface area contributed by atoms with E-state index >= 15 is 0 Å². The Labute approximate surface area is 152 Å². The molecular weight excluding hydrogens is 348 g/mol. The topological polar surface area (TPSA) is 116 Å². The average molecular weight is 362 g/mol. The first kappa shape index (κ1) is 16.6. The summed E-state index contributed by atoms with van der Waals surface area (Å²) in [6, 6.07) is 16.1. The summed E-state index contributed by atoms with van der Waals surface area (Å²) in [5.41, 5.74) is 0.904.